The van der Waals surface area contributed by atoms with E-state index in [0.717, 1.165) is 0 Å². The Hall–Kier alpha value is -0.830. The summed E-state index contributed by atoms with van der Waals surface area (Å²) in [5, 5.41) is 0. The van der Waals surface area contributed by atoms with E-state index in [4.69, 9.17) is 12.5 Å². The van der Waals surface area contributed by atoms with Gasteiger partial charge in [0.05, 0.1) is 30.7 Å². The van der Waals surface area contributed by atoms with E-state index in [9.17, 15) is 9.59 Å². The molecule has 0 radical (unpaired) electrons. The second-order valence-corrected chi connectivity index (χ2v) is 6.75. The minimum absolute atomic E-state index is 0.152. The molecule has 124 valence electrons. The molecule has 1 fully saturated rings. The van der Waals surface area contributed by atoms with Crippen LogP contribution in [0.1, 0.15) is 27.2 Å². The predicted octanol–water partition coefficient (Wildman–Crippen LogP) is 1.93. The first-order chi connectivity index (χ1) is 9.99. The third-order valence-corrected chi connectivity index (χ3v) is 5.47. The van der Waals surface area contributed by atoms with Gasteiger partial charge in [-0.25, -0.2) is 4.79 Å². The molecule has 1 aliphatic heterocycles. The van der Waals surface area contributed by atoms with Gasteiger partial charge in [0.25, 0.3) is 0 Å². The zero-order valence-electron chi connectivity index (χ0n) is 13.3. The van der Waals surface area contributed by atoms with Gasteiger partial charge < -0.3 is 4.90 Å². The number of likely N-dealkylation sites (N-methyl/N-ethyl adjacent to an activating group) is 1. The smallest absolute Gasteiger partial charge is 0.318 e. The molecule has 7 nitrogen and oxygen atoms in total. The molecule has 0 unspecified atom stereocenters. The predicted molar refractivity (Wildman–Crippen MR) is 81.7 cm³/mol. The topological polar surface area (TPSA) is 68.3 Å². The van der Waals surface area contributed by atoms with Crippen LogP contribution in [-0.2, 0) is 17.3 Å². The number of amides is 3. The summed E-state index contributed by atoms with van der Waals surface area (Å²) in [5.74, 6) is 0.385. The van der Waals surface area contributed by atoms with E-state index in [1.54, 1.807) is 7.05 Å². The van der Waals surface area contributed by atoms with Gasteiger partial charge in [0, 0.05) is 19.3 Å². The minimum atomic E-state index is -2.05. The molecular weight excluding hydrogens is 296 g/mol. The van der Waals surface area contributed by atoms with Gasteiger partial charge >= 0.3 is 6.03 Å². The number of hydrogen-bond acceptors (Lipinski definition) is 5. The van der Waals surface area contributed by atoms with E-state index in [2.05, 4.69) is 0 Å². The Bertz CT molecular complexity index is 349. The summed E-state index contributed by atoms with van der Waals surface area (Å²) in [4.78, 5) is 26.2. The quantitative estimate of drug-likeness (QED) is 0.575. The SMILES string of the molecule is CCOS(CCCN1C(=O)CN(C)C1=O)(OCC)OCC. The average Bonchev–Trinajstić information content (AvgIpc) is 2.66. The molecule has 0 atom stereocenters. The maximum absolute atomic E-state index is 11.8. The Kier molecular flexibility index (Phi) is 7.44. The number of imide groups is 1. The Morgan fingerprint density at radius 1 is 1.05 bits per heavy atom. The molecule has 0 aromatic heterocycles. The summed E-state index contributed by atoms with van der Waals surface area (Å²) in [6.45, 7) is 7.69. The summed E-state index contributed by atoms with van der Waals surface area (Å²) in [5.41, 5.74) is 0. The first-order valence-corrected chi connectivity index (χ1v) is 8.87. The van der Waals surface area contributed by atoms with E-state index < -0.39 is 10.9 Å². The third kappa shape index (κ3) is 4.84. The number of hydrogen-bond donors (Lipinski definition) is 0. The van der Waals surface area contributed by atoms with Gasteiger partial charge in [-0.1, -0.05) is 0 Å². The van der Waals surface area contributed by atoms with Crippen molar-refractivity contribution in [1.29, 1.82) is 0 Å². The van der Waals surface area contributed by atoms with Crippen molar-refractivity contribution in [2.45, 2.75) is 27.2 Å². The van der Waals surface area contributed by atoms with E-state index in [-0.39, 0.29) is 18.5 Å². The van der Waals surface area contributed by atoms with Crippen molar-refractivity contribution in [3.63, 3.8) is 0 Å². The highest BCUT2D eigenvalue weighted by atomic mass is 32.3. The average molecular weight is 322 g/mol. The molecule has 1 heterocycles. The molecule has 0 bridgehead atoms. The second-order valence-electron chi connectivity index (χ2n) is 4.52. The van der Waals surface area contributed by atoms with Crippen molar-refractivity contribution in [3.8, 4) is 0 Å². The minimum Gasteiger partial charge on any atom is -0.318 e. The molecule has 0 spiro atoms. The molecule has 8 heteroatoms. The van der Waals surface area contributed by atoms with Crippen molar-refractivity contribution in [1.82, 2.24) is 9.80 Å². The van der Waals surface area contributed by atoms with Crippen LogP contribution in [-0.4, -0.2) is 67.4 Å². The van der Waals surface area contributed by atoms with Crippen molar-refractivity contribution < 1.29 is 22.1 Å². The Balaban J connectivity index is 2.56. The van der Waals surface area contributed by atoms with Crippen molar-refractivity contribution in [2.75, 3.05) is 45.7 Å². The zero-order chi connectivity index (χ0) is 15.9. The normalized spacial score (nSPS) is 17.0. The molecule has 0 aromatic rings. The maximum Gasteiger partial charge on any atom is 0.326 e. The Labute approximate surface area is 128 Å². The molecule has 0 N–H and O–H groups in total. The standard InChI is InChI=1S/C13H26N2O5S/c1-5-18-21(19-6-2,20-7-3)10-8-9-15-12(16)11-14(4)13(15)17/h5-11H2,1-4H3. The highest BCUT2D eigenvalue weighted by molar-refractivity contribution is 8.21. The summed E-state index contributed by atoms with van der Waals surface area (Å²) >= 11 is 0. The molecule has 0 aromatic carbocycles. The first-order valence-electron chi connectivity index (χ1n) is 7.29. The van der Waals surface area contributed by atoms with Crippen molar-refractivity contribution >= 4 is 22.8 Å². The highest BCUT2D eigenvalue weighted by Gasteiger charge is 2.34. The van der Waals surface area contributed by atoms with Gasteiger partial charge in [-0.2, -0.15) is 0 Å². The van der Waals surface area contributed by atoms with Crippen LogP contribution in [0.3, 0.4) is 0 Å². The highest BCUT2D eigenvalue weighted by Crippen LogP contribution is 2.51. The molecule has 1 rings (SSSR count). The van der Waals surface area contributed by atoms with Crippen LogP contribution >= 0.6 is 10.9 Å². The lowest BCUT2D eigenvalue weighted by molar-refractivity contribution is -0.125. The van der Waals surface area contributed by atoms with Crippen LogP contribution in [0.5, 0.6) is 0 Å². The molecule has 0 saturated carbocycles. The van der Waals surface area contributed by atoms with Crippen LogP contribution in [0.2, 0.25) is 0 Å². The molecule has 0 aliphatic carbocycles. The van der Waals surface area contributed by atoms with Crippen LogP contribution in [0, 0.1) is 0 Å². The van der Waals surface area contributed by atoms with E-state index in [1.807, 2.05) is 20.8 Å². The largest absolute Gasteiger partial charge is 0.326 e. The number of urea groups is 1. The Morgan fingerprint density at radius 3 is 1.95 bits per heavy atom. The van der Waals surface area contributed by atoms with Gasteiger partial charge in [-0.05, 0) is 27.2 Å². The van der Waals surface area contributed by atoms with E-state index in [1.165, 1.54) is 9.80 Å². The molecule has 1 saturated heterocycles. The molecule has 21 heavy (non-hydrogen) atoms. The summed E-state index contributed by atoms with van der Waals surface area (Å²) in [6.07, 6.45) is 0.598. The number of carbonyl (C=O) groups is 2. The van der Waals surface area contributed by atoms with E-state index >= 15 is 0 Å². The number of nitrogens with zero attached hydrogens (tertiary/aromatic N) is 2. The van der Waals surface area contributed by atoms with Crippen molar-refractivity contribution in [3.05, 3.63) is 0 Å². The fourth-order valence-corrected chi connectivity index (χ4v) is 4.22. The summed E-state index contributed by atoms with van der Waals surface area (Å²) in [7, 11) is -0.428. The van der Waals surface area contributed by atoms with Gasteiger partial charge in [-0.3, -0.25) is 22.2 Å². The second kappa shape index (κ2) is 8.57. The zero-order valence-corrected chi connectivity index (χ0v) is 14.1. The summed E-state index contributed by atoms with van der Waals surface area (Å²) < 4.78 is 17.1. The van der Waals surface area contributed by atoms with Crippen LogP contribution in [0.25, 0.3) is 0 Å². The monoisotopic (exact) mass is 322 g/mol. The van der Waals surface area contributed by atoms with Gasteiger partial charge in [-0.15, -0.1) is 0 Å². The molecular formula is C13H26N2O5S. The van der Waals surface area contributed by atoms with Crippen molar-refractivity contribution in [2.24, 2.45) is 0 Å². The lowest BCUT2D eigenvalue weighted by Gasteiger charge is -2.37. The number of carbonyl (C=O) groups excluding carboxylic acids is 2. The van der Waals surface area contributed by atoms with Crippen LogP contribution in [0.15, 0.2) is 0 Å². The summed E-state index contributed by atoms with van der Waals surface area (Å²) in [6, 6.07) is -0.246. The maximum atomic E-state index is 11.8. The van der Waals surface area contributed by atoms with Gasteiger partial charge in [0.15, 0.2) is 0 Å². The van der Waals surface area contributed by atoms with E-state index in [0.29, 0.717) is 38.5 Å². The third-order valence-electron chi connectivity index (χ3n) is 2.90. The lowest BCUT2D eigenvalue weighted by Crippen LogP contribution is -2.33. The fourth-order valence-electron chi connectivity index (χ4n) is 2.11. The number of rotatable bonds is 10. The van der Waals surface area contributed by atoms with Gasteiger partial charge in [0.2, 0.25) is 5.91 Å². The molecule has 3 amide bonds. The van der Waals surface area contributed by atoms with Gasteiger partial charge in [0.1, 0.15) is 6.54 Å². The first kappa shape index (κ1) is 18.2. The molecule has 1 aliphatic rings. The lowest BCUT2D eigenvalue weighted by atomic mass is 10.4. The van der Waals surface area contributed by atoms with Crippen LogP contribution in [0.4, 0.5) is 4.79 Å². The Morgan fingerprint density at radius 2 is 1.57 bits per heavy atom. The van der Waals surface area contributed by atoms with Crippen LogP contribution < -0.4 is 0 Å². The fraction of sp³-hybridized carbons (Fsp3) is 0.846.